The third-order valence-corrected chi connectivity index (χ3v) is 3.46. The van der Waals surface area contributed by atoms with Crippen LogP contribution < -0.4 is 11.3 Å². The number of hydrogen-bond donors (Lipinski definition) is 2. The first-order valence-electron chi connectivity index (χ1n) is 5.62. The van der Waals surface area contributed by atoms with Gasteiger partial charge in [-0.25, -0.2) is 10.1 Å². The van der Waals surface area contributed by atoms with Crippen molar-refractivity contribution in [2.24, 2.45) is 19.9 Å². The van der Waals surface area contributed by atoms with Crippen molar-refractivity contribution in [2.75, 3.05) is 0 Å². The lowest BCUT2D eigenvalue weighted by molar-refractivity contribution is 0.531. The minimum atomic E-state index is -0.211. The molecule has 0 spiro atoms. The summed E-state index contributed by atoms with van der Waals surface area (Å²) in [5.41, 5.74) is 5.65. The molecule has 0 radical (unpaired) electrons. The normalized spacial score (nSPS) is 12.9. The lowest BCUT2D eigenvalue weighted by Gasteiger charge is -2.16. The molecule has 3 N–H and O–H groups in total. The Hall–Kier alpha value is -1.25. The molecule has 2 heterocycles. The van der Waals surface area contributed by atoms with Crippen LogP contribution in [0.15, 0.2) is 10.7 Å². The Balaban J connectivity index is 2.48. The smallest absolute Gasteiger partial charge is 0.153 e. The van der Waals surface area contributed by atoms with E-state index in [0.29, 0.717) is 4.60 Å². The minimum Gasteiger partial charge on any atom is -0.270 e. The fourth-order valence-corrected chi connectivity index (χ4v) is 2.49. The van der Waals surface area contributed by atoms with E-state index in [1.165, 1.54) is 0 Å². The quantitative estimate of drug-likeness (QED) is 0.631. The number of aromatic nitrogens is 5. The highest BCUT2D eigenvalue weighted by atomic mass is 79.9. The van der Waals surface area contributed by atoms with Gasteiger partial charge in [-0.1, -0.05) is 12.1 Å². The molecule has 1 atom stereocenters. The van der Waals surface area contributed by atoms with Crippen molar-refractivity contribution in [1.29, 1.82) is 0 Å². The number of hydrogen-bond acceptors (Lipinski definition) is 5. The van der Waals surface area contributed by atoms with Crippen LogP contribution in [0.3, 0.4) is 0 Å². The van der Waals surface area contributed by atoms with Crippen LogP contribution in [0.5, 0.6) is 0 Å². The fraction of sp³-hybridized carbons (Fsp3) is 0.500. The number of hydrazine groups is 1. The average molecular weight is 314 g/mol. The molecular weight excluding hydrogens is 298 g/mol. The average Bonchev–Trinajstić information content (AvgIpc) is 2.88. The van der Waals surface area contributed by atoms with Gasteiger partial charge in [0, 0.05) is 14.1 Å². The van der Waals surface area contributed by atoms with Crippen molar-refractivity contribution >= 4 is 15.9 Å². The van der Waals surface area contributed by atoms with E-state index in [9.17, 15) is 0 Å². The van der Waals surface area contributed by atoms with Crippen molar-refractivity contribution in [3.63, 3.8) is 0 Å². The van der Waals surface area contributed by atoms with E-state index in [1.807, 2.05) is 24.8 Å². The van der Waals surface area contributed by atoms with Gasteiger partial charge < -0.3 is 0 Å². The lowest BCUT2D eigenvalue weighted by Crippen LogP contribution is -2.32. The molecule has 2 rings (SSSR count). The highest BCUT2D eigenvalue weighted by Crippen LogP contribution is 2.26. The maximum absolute atomic E-state index is 5.67. The second-order valence-corrected chi connectivity index (χ2v) is 4.78. The van der Waals surface area contributed by atoms with Crippen LogP contribution >= 0.6 is 15.9 Å². The molecule has 0 aliphatic carbocycles. The second-order valence-electron chi connectivity index (χ2n) is 4.03. The third kappa shape index (κ3) is 2.18. The summed E-state index contributed by atoms with van der Waals surface area (Å²) in [6.45, 7) is 2.07. The van der Waals surface area contributed by atoms with Crippen LogP contribution in [-0.4, -0.2) is 24.8 Å². The zero-order chi connectivity index (χ0) is 13.3. The first-order chi connectivity index (χ1) is 8.58. The molecule has 7 nitrogen and oxygen atoms in total. The number of nitrogens with two attached hydrogens (primary N) is 1. The summed E-state index contributed by atoms with van der Waals surface area (Å²) in [7, 11) is 3.73. The van der Waals surface area contributed by atoms with E-state index in [2.05, 4.69) is 43.7 Å². The maximum Gasteiger partial charge on any atom is 0.153 e. The summed E-state index contributed by atoms with van der Waals surface area (Å²) in [5.74, 6) is 5.67. The van der Waals surface area contributed by atoms with Gasteiger partial charge in [-0.2, -0.15) is 5.10 Å². The number of aryl methyl sites for hydroxylation is 3. The van der Waals surface area contributed by atoms with E-state index in [4.69, 9.17) is 5.84 Å². The van der Waals surface area contributed by atoms with E-state index < -0.39 is 0 Å². The van der Waals surface area contributed by atoms with Crippen molar-refractivity contribution < 1.29 is 0 Å². The molecule has 8 heteroatoms. The first kappa shape index (κ1) is 13.2. The van der Waals surface area contributed by atoms with Crippen molar-refractivity contribution in [1.82, 2.24) is 30.2 Å². The van der Waals surface area contributed by atoms with Crippen molar-refractivity contribution in [3.05, 3.63) is 27.8 Å². The van der Waals surface area contributed by atoms with Gasteiger partial charge in [-0.15, -0.1) is 5.10 Å². The van der Waals surface area contributed by atoms with Crippen LogP contribution in [0.2, 0.25) is 0 Å². The molecule has 0 saturated carbocycles. The van der Waals surface area contributed by atoms with Gasteiger partial charge in [0.2, 0.25) is 0 Å². The van der Waals surface area contributed by atoms with E-state index >= 15 is 0 Å². The third-order valence-electron chi connectivity index (χ3n) is 2.89. The van der Waals surface area contributed by atoms with Gasteiger partial charge in [0.05, 0.1) is 17.1 Å². The first-order valence-corrected chi connectivity index (χ1v) is 6.41. The molecule has 0 bridgehead atoms. The predicted molar refractivity (Wildman–Crippen MR) is 70.5 cm³/mol. The van der Waals surface area contributed by atoms with E-state index in [-0.39, 0.29) is 6.04 Å². The van der Waals surface area contributed by atoms with Crippen LogP contribution in [-0.2, 0) is 20.5 Å². The van der Waals surface area contributed by atoms with Gasteiger partial charge in [-0.3, -0.25) is 10.5 Å². The highest BCUT2D eigenvalue weighted by molar-refractivity contribution is 9.10. The molecule has 0 fully saturated rings. The highest BCUT2D eigenvalue weighted by Gasteiger charge is 2.24. The summed E-state index contributed by atoms with van der Waals surface area (Å²) < 4.78 is 4.18. The van der Waals surface area contributed by atoms with E-state index in [1.54, 1.807) is 4.68 Å². The van der Waals surface area contributed by atoms with Gasteiger partial charge in [0.1, 0.15) is 6.04 Å². The van der Waals surface area contributed by atoms with E-state index in [0.717, 1.165) is 23.5 Å². The summed E-state index contributed by atoms with van der Waals surface area (Å²) in [6.07, 6.45) is 0.885. The Kier molecular flexibility index (Phi) is 3.79. The topological polar surface area (TPSA) is 86.6 Å². The van der Waals surface area contributed by atoms with Gasteiger partial charge in [0.15, 0.2) is 4.60 Å². The summed E-state index contributed by atoms with van der Waals surface area (Å²) in [6, 6.07) is 1.82. The van der Waals surface area contributed by atoms with Gasteiger partial charge >= 0.3 is 0 Å². The van der Waals surface area contributed by atoms with Crippen molar-refractivity contribution in [3.8, 4) is 0 Å². The minimum absolute atomic E-state index is 0.211. The molecule has 2 aromatic heterocycles. The molecule has 0 saturated heterocycles. The number of rotatable bonds is 4. The van der Waals surface area contributed by atoms with Crippen LogP contribution in [0, 0.1) is 0 Å². The maximum atomic E-state index is 5.67. The Morgan fingerprint density at radius 2 is 2.17 bits per heavy atom. The molecule has 18 heavy (non-hydrogen) atoms. The van der Waals surface area contributed by atoms with Crippen molar-refractivity contribution in [2.45, 2.75) is 19.4 Å². The number of nitrogens with zero attached hydrogens (tertiary/aromatic N) is 5. The SMILES string of the molecule is CCc1cc(C(NN)c2c(Br)nnn2C)n(C)n1. The zero-order valence-corrected chi connectivity index (χ0v) is 12.1. The summed E-state index contributed by atoms with van der Waals surface area (Å²) in [5, 5.41) is 12.4. The molecule has 0 aliphatic rings. The monoisotopic (exact) mass is 313 g/mol. The van der Waals surface area contributed by atoms with Crippen LogP contribution in [0.4, 0.5) is 0 Å². The standard InChI is InChI=1S/C10H16BrN7/c1-4-6-5-7(17(2)15-6)8(13-12)9-10(11)14-16-18(9)3/h5,8,13H,4,12H2,1-3H3. The largest absolute Gasteiger partial charge is 0.270 e. The molecule has 0 aliphatic heterocycles. The molecule has 0 amide bonds. The Morgan fingerprint density at radius 1 is 1.44 bits per heavy atom. The second kappa shape index (κ2) is 5.17. The molecule has 0 aromatic carbocycles. The summed E-state index contributed by atoms with van der Waals surface area (Å²) in [4.78, 5) is 0. The lowest BCUT2D eigenvalue weighted by atomic mass is 10.1. The van der Waals surface area contributed by atoms with Crippen LogP contribution in [0.25, 0.3) is 0 Å². The Bertz CT molecular complexity index is 525. The van der Waals surface area contributed by atoms with Crippen LogP contribution in [0.1, 0.15) is 30.0 Å². The van der Waals surface area contributed by atoms with Gasteiger partial charge in [0.25, 0.3) is 0 Å². The van der Waals surface area contributed by atoms with Gasteiger partial charge in [-0.05, 0) is 28.4 Å². The zero-order valence-electron chi connectivity index (χ0n) is 10.6. The molecule has 1 unspecified atom stereocenters. The summed E-state index contributed by atoms with van der Waals surface area (Å²) >= 11 is 3.38. The predicted octanol–water partition coefficient (Wildman–Crippen LogP) is 0.426. The molecular formula is C10H16BrN7. The Morgan fingerprint density at radius 3 is 2.61 bits per heavy atom. The Labute approximate surface area is 113 Å². The molecule has 2 aromatic rings. The number of halogens is 1. The molecule has 98 valence electrons. The number of nitrogens with one attached hydrogen (secondary N) is 1. The fourth-order valence-electron chi connectivity index (χ4n) is 1.94.